The Morgan fingerprint density at radius 1 is 1.20 bits per heavy atom. The Morgan fingerprint density at radius 2 is 1.85 bits per heavy atom. The highest BCUT2D eigenvalue weighted by atomic mass is 16.5. The molecule has 0 atom stereocenters. The van der Waals surface area contributed by atoms with Crippen LogP contribution in [-0.4, -0.2) is 29.2 Å². The summed E-state index contributed by atoms with van der Waals surface area (Å²) >= 11 is 0. The Bertz CT molecular complexity index is 625. The number of ether oxygens (including phenoxy) is 1. The quantitative estimate of drug-likeness (QED) is 0.838. The van der Waals surface area contributed by atoms with Crippen molar-refractivity contribution in [2.24, 2.45) is 0 Å². The Hall–Kier alpha value is -2.63. The Labute approximate surface area is 116 Å². The molecule has 2 N–H and O–H groups in total. The Balaban J connectivity index is 2.15. The maximum absolute atomic E-state index is 12.1. The highest BCUT2D eigenvalue weighted by Gasteiger charge is 2.15. The van der Waals surface area contributed by atoms with Crippen LogP contribution in [0.4, 0.5) is 5.69 Å². The molecule has 0 radical (unpaired) electrons. The predicted octanol–water partition coefficient (Wildman–Crippen LogP) is 2.07. The number of anilines is 1. The second kappa shape index (κ2) is 5.56. The van der Waals surface area contributed by atoms with E-state index in [2.05, 4.69) is 20.3 Å². The first-order chi connectivity index (χ1) is 9.52. The summed E-state index contributed by atoms with van der Waals surface area (Å²) in [7, 11) is 1.32. The second-order valence-electron chi connectivity index (χ2n) is 4.33. The van der Waals surface area contributed by atoms with Gasteiger partial charge in [0.1, 0.15) is 0 Å². The number of hydrogen-bond acceptors (Lipinski definition) is 4. The third kappa shape index (κ3) is 2.69. The van der Waals surface area contributed by atoms with E-state index in [-0.39, 0.29) is 5.91 Å². The molecule has 0 aliphatic rings. The molecule has 2 rings (SSSR count). The molecule has 1 heterocycles. The van der Waals surface area contributed by atoms with Gasteiger partial charge in [0, 0.05) is 11.4 Å². The van der Waals surface area contributed by atoms with Gasteiger partial charge in [0.25, 0.3) is 5.91 Å². The molecule has 0 fully saturated rings. The molecule has 0 saturated carbocycles. The van der Waals surface area contributed by atoms with Gasteiger partial charge in [-0.3, -0.25) is 9.89 Å². The van der Waals surface area contributed by atoms with Crippen LogP contribution in [0.3, 0.4) is 0 Å². The molecule has 2 aromatic rings. The van der Waals surface area contributed by atoms with Gasteiger partial charge in [0.15, 0.2) is 0 Å². The number of amides is 1. The maximum Gasteiger partial charge on any atom is 0.337 e. The molecule has 0 unspecified atom stereocenters. The third-order valence-electron chi connectivity index (χ3n) is 2.92. The van der Waals surface area contributed by atoms with Crippen LogP contribution in [0.2, 0.25) is 0 Å². The molecule has 0 aliphatic heterocycles. The standard InChI is InChI=1S/C14H15N3O3/c1-8-12(9(2)17-16-8)13(18)15-11-6-4-10(5-7-11)14(19)20-3/h4-7H,1-3H3,(H,15,18)(H,16,17). The average Bonchev–Trinajstić information content (AvgIpc) is 2.78. The smallest absolute Gasteiger partial charge is 0.337 e. The van der Waals surface area contributed by atoms with Gasteiger partial charge in [-0.05, 0) is 38.1 Å². The van der Waals surface area contributed by atoms with Crippen molar-refractivity contribution in [1.82, 2.24) is 10.2 Å². The van der Waals surface area contributed by atoms with E-state index in [1.807, 2.05) is 0 Å². The number of aromatic amines is 1. The third-order valence-corrected chi connectivity index (χ3v) is 2.92. The zero-order chi connectivity index (χ0) is 14.7. The molecular formula is C14H15N3O3. The topological polar surface area (TPSA) is 84.1 Å². The molecule has 0 bridgehead atoms. The number of H-pyrrole nitrogens is 1. The molecule has 1 aromatic heterocycles. The molecule has 104 valence electrons. The zero-order valence-corrected chi connectivity index (χ0v) is 11.5. The van der Waals surface area contributed by atoms with Crippen LogP contribution in [0.5, 0.6) is 0 Å². The number of nitrogens with zero attached hydrogens (tertiary/aromatic N) is 1. The number of nitrogens with one attached hydrogen (secondary N) is 2. The van der Waals surface area contributed by atoms with E-state index in [4.69, 9.17) is 0 Å². The van der Waals surface area contributed by atoms with Gasteiger partial charge in [-0.1, -0.05) is 0 Å². The summed E-state index contributed by atoms with van der Waals surface area (Å²) in [4.78, 5) is 23.4. The summed E-state index contributed by atoms with van der Waals surface area (Å²) in [6.45, 7) is 3.55. The van der Waals surface area contributed by atoms with Crippen LogP contribution in [0.15, 0.2) is 24.3 Å². The van der Waals surface area contributed by atoms with Gasteiger partial charge in [-0.15, -0.1) is 0 Å². The number of rotatable bonds is 3. The molecule has 1 amide bonds. The summed E-state index contributed by atoms with van der Waals surface area (Å²) in [5.74, 6) is -0.649. The molecule has 6 nitrogen and oxygen atoms in total. The SMILES string of the molecule is COC(=O)c1ccc(NC(=O)c2c(C)n[nH]c2C)cc1. The lowest BCUT2D eigenvalue weighted by molar-refractivity contribution is 0.0600. The van der Waals surface area contributed by atoms with Crippen LogP contribution >= 0.6 is 0 Å². The largest absolute Gasteiger partial charge is 0.465 e. The lowest BCUT2D eigenvalue weighted by Gasteiger charge is -2.06. The fourth-order valence-electron chi connectivity index (χ4n) is 1.89. The fourth-order valence-corrected chi connectivity index (χ4v) is 1.89. The summed E-state index contributed by atoms with van der Waals surface area (Å²) in [5.41, 5.74) is 2.92. The van der Waals surface area contributed by atoms with Crippen molar-refractivity contribution in [1.29, 1.82) is 0 Å². The van der Waals surface area contributed by atoms with Gasteiger partial charge in [-0.2, -0.15) is 5.10 Å². The molecule has 20 heavy (non-hydrogen) atoms. The minimum absolute atomic E-state index is 0.237. The summed E-state index contributed by atoms with van der Waals surface area (Å²) < 4.78 is 4.61. The Kier molecular flexibility index (Phi) is 3.84. The predicted molar refractivity (Wildman–Crippen MR) is 73.8 cm³/mol. The fraction of sp³-hybridized carbons (Fsp3) is 0.214. The van der Waals surface area contributed by atoms with Crippen molar-refractivity contribution < 1.29 is 14.3 Å². The van der Waals surface area contributed by atoms with Crippen LogP contribution in [-0.2, 0) is 4.74 Å². The van der Waals surface area contributed by atoms with E-state index < -0.39 is 5.97 Å². The number of benzene rings is 1. The number of methoxy groups -OCH3 is 1. The number of aromatic nitrogens is 2. The van der Waals surface area contributed by atoms with Crippen molar-refractivity contribution in [3.05, 3.63) is 46.8 Å². The van der Waals surface area contributed by atoms with Crippen molar-refractivity contribution in [3.63, 3.8) is 0 Å². The van der Waals surface area contributed by atoms with Crippen molar-refractivity contribution in [2.45, 2.75) is 13.8 Å². The molecule has 0 aliphatic carbocycles. The van der Waals surface area contributed by atoms with E-state index in [0.29, 0.717) is 28.2 Å². The normalized spacial score (nSPS) is 10.2. The van der Waals surface area contributed by atoms with Gasteiger partial charge in [-0.25, -0.2) is 4.79 Å². The van der Waals surface area contributed by atoms with Crippen LogP contribution in [0.1, 0.15) is 32.1 Å². The van der Waals surface area contributed by atoms with Gasteiger partial charge in [0.2, 0.25) is 0 Å². The lowest BCUT2D eigenvalue weighted by atomic mass is 10.1. The number of carbonyl (C=O) groups is 2. The summed E-state index contributed by atoms with van der Waals surface area (Å²) in [6.07, 6.45) is 0. The first kappa shape index (κ1) is 13.8. The Morgan fingerprint density at radius 3 is 2.35 bits per heavy atom. The number of aryl methyl sites for hydroxylation is 2. The first-order valence-corrected chi connectivity index (χ1v) is 6.04. The van der Waals surface area contributed by atoms with Gasteiger partial charge >= 0.3 is 5.97 Å². The molecule has 1 aromatic carbocycles. The van der Waals surface area contributed by atoms with Crippen LogP contribution in [0.25, 0.3) is 0 Å². The van der Waals surface area contributed by atoms with Gasteiger partial charge < -0.3 is 10.1 Å². The zero-order valence-electron chi connectivity index (χ0n) is 11.5. The van der Waals surface area contributed by atoms with Crippen LogP contribution in [0, 0.1) is 13.8 Å². The maximum atomic E-state index is 12.1. The minimum Gasteiger partial charge on any atom is -0.465 e. The van der Waals surface area contributed by atoms with Gasteiger partial charge in [0.05, 0.1) is 23.9 Å². The monoisotopic (exact) mass is 273 g/mol. The summed E-state index contributed by atoms with van der Waals surface area (Å²) in [5, 5.41) is 9.50. The number of esters is 1. The van der Waals surface area contributed by atoms with Crippen molar-refractivity contribution in [3.8, 4) is 0 Å². The second-order valence-corrected chi connectivity index (χ2v) is 4.33. The molecule has 0 saturated heterocycles. The molecule has 0 spiro atoms. The summed E-state index contributed by atoms with van der Waals surface area (Å²) in [6, 6.07) is 6.48. The average molecular weight is 273 g/mol. The highest BCUT2D eigenvalue weighted by molar-refractivity contribution is 6.06. The van der Waals surface area contributed by atoms with E-state index in [9.17, 15) is 9.59 Å². The van der Waals surface area contributed by atoms with E-state index in [1.165, 1.54) is 7.11 Å². The van der Waals surface area contributed by atoms with Crippen molar-refractivity contribution in [2.75, 3.05) is 12.4 Å². The lowest BCUT2D eigenvalue weighted by Crippen LogP contribution is -2.13. The number of hydrogen-bond donors (Lipinski definition) is 2. The van der Waals surface area contributed by atoms with Crippen molar-refractivity contribution >= 4 is 17.6 Å². The first-order valence-electron chi connectivity index (χ1n) is 6.04. The highest BCUT2D eigenvalue weighted by Crippen LogP contribution is 2.15. The van der Waals surface area contributed by atoms with E-state index in [0.717, 1.165) is 0 Å². The van der Waals surface area contributed by atoms with E-state index >= 15 is 0 Å². The molecule has 6 heteroatoms. The number of carbonyl (C=O) groups excluding carboxylic acids is 2. The minimum atomic E-state index is -0.413. The van der Waals surface area contributed by atoms with Crippen LogP contribution < -0.4 is 5.32 Å². The molecular weight excluding hydrogens is 258 g/mol. The van der Waals surface area contributed by atoms with E-state index in [1.54, 1.807) is 38.1 Å².